The molecule has 0 aliphatic carbocycles. The summed E-state index contributed by atoms with van der Waals surface area (Å²) in [7, 11) is 0. The molecule has 2 rings (SSSR count). The molecule has 0 heterocycles. The van der Waals surface area contributed by atoms with E-state index in [-0.39, 0.29) is 0 Å². The van der Waals surface area contributed by atoms with Crippen molar-refractivity contribution in [2.45, 2.75) is 18.9 Å². The van der Waals surface area contributed by atoms with Crippen LogP contribution < -0.4 is 5.32 Å². The van der Waals surface area contributed by atoms with Gasteiger partial charge in [-0.25, -0.2) is 0 Å². The van der Waals surface area contributed by atoms with Crippen molar-refractivity contribution >= 4 is 17.3 Å². The third kappa shape index (κ3) is 3.75. The summed E-state index contributed by atoms with van der Waals surface area (Å²) in [6.07, 6.45) is 0.507. The number of benzene rings is 2. The molecule has 1 atom stereocenters. The van der Waals surface area contributed by atoms with Gasteiger partial charge in [0.05, 0.1) is 21.9 Å². The molecule has 4 heteroatoms. The molecule has 2 aromatic rings. The van der Waals surface area contributed by atoms with E-state index in [9.17, 15) is 5.11 Å². The Labute approximate surface area is 129 Å². The fourth-order valence-electron chi connectivity index (χ4n) is 2.17. The van der Waals surface area contributed by atoms with Gasteiger partial charge >= 0.3 is 0 Å². The van der Waals surface area contributed by atoms with Crippen molar-refractivity contribution in [3.05, 3.63) is 64.7 Å². The standard InChI is InChI=1S/C17H17ClN2O/c1-17(21,14-7-3-2-4-8-14)10-11-20-16-13(12-19)6-5-9-15(16)18/h2-9,20-21H,10-11H2,1H3. The van der Waals surface area contributed by atoms with Crippen LogP contribution in [0.25, 0.3) is 0 Å². The molecule has 3 nitrogen and oxygen atoms in total. The molecule has 2 aromatic carbocycles. The van der Waals surface area contributed by atoms with E-state index in [1.165, 1.54) is 0 Å². The number of rotatable bonds is 5. The Bertz CT molecular complexity index is 648. The summed E-state index contributed by atoms with van der Waals surface area (Å²) in [6, 6.07) is 16.8. The lowest BCUT2D eigenvalue weighted by atomic mass is 9.92. The number of nitriles is 1. The second kappa shape index (κ2) is 6.62. The highest BCUT2D eigenvalue weighted by Gasteiger charge is 2.22. The van der Waals surface area contributed by atoms with E-state index in [0.717, 1.165) is 5.56 Å². The van der Waals surface area contributed by atoms with Gasteiger partial charge in [0.1, 0.15) is 6.07 Å². The van der Waals surface area contributed by atoms with E-state index < -0.39 is 5.60 Å². The first kappa shape index (κ1) is 15.4. The topological polar surface area (TPSA) is 56.0 Å². The van der Waals surface area contributed by atoms with Crippen molar-refractivity contribution in [3.8, 4) is 6.07 Å². The van der Waals surface area contributed by atoms with Crippen LogP contribution >= 0.6 is 11.6 Å². The van der Waals surface area contributed by atoms with E-state index in [4.69, 9.17) is 16.9 Å². The first-order valence-corrected chi connectivity index (χ1v) is 7.13. The lowest BCUT2D eigenvalue weighted by molar-refractivity contribution is 0.0515. The Morgan fingerprint density at radius 2 is 1.90 bits per heavy atom. The maximum atomic E-state index is 10.5. The largest absolute Gasteiger partial charge is 0.385 e. The fraction of sp³-hybridized carbons (Fsp3) is 0.235. The highest BCUT2D eigenvalue weighted by molar-refractivity contribution is 6.33. The molecule has 21 heavy (non-hydrogen) atoms. The minimum atomic E-state index is -0.928. The maximum Gasteiger partial charge on any atom is 0.101 e. The summed E-state index contributed by atoms with van der Waals surface area (Å²) in [4.78, 5) is 0. The van der Waals surface area contributed by atoms with Gasteiger partial charge in [-0.1, -0.05) is 48.0 Å². The number of nitrogens with zero attached hydrogens (tertiary/aromatic N) is 1. The second-order valence-electron chi connectivity index (χ2n) is 5.09. The van der Waals surface area contributed by atoms with E-state index in [2.05, 4.69) is 11.4 Å². The molecule has 0 spiro atoms. The van der Waals surface area contributed by atoms with Gasteiger partial charge in [0.15, 0.2) is 0 Å². The van der Waals surface area contributed by atoms with Crippen LogP contribution in [-0.2, 0) is 5.60 Å². The number of para-hydroxylation sites is 1. The first-order chi connectivity index (χ1) is 10.0. The zero-order valence-corrected chi connectivity index (χ0v) is 12.6. The zero-order chi connectivity index (χ0) is 15.3. The third-order valence-electron chi connectivity index (χ3n) is 3.44. The van der Waals surface area contributed by atoms with Crippen molar-refractivity contribution in [2.24, 2.45) is 0 Å². The third-order valence-corrected chi connectivity index (χ3v) is 3.76. The molecular weight excluding hydrogens is 284 g/mol. The van der Waals surface area contributed by atoms with Gasteiger partial charge in [-0.15, -0.1) is 0 Å². The molecular formula is C17H17ClN2O. The number of halogens is 1. The average molecular weight is 301 g/mol. The number of hydrogen-bond donors (Lipinski definition) is 2. The van der Waals surface area contributed by atoms with Crippen molar-refractivity contribution < 1.29 is 5.11 Å². The monoisotopic (exact) mass is 300 g/mol. The molecule has 0 bridgehead atoms. The Kier molecular flexibility index (Phi) is 4.85. The van der Waals surface area contributed by atoms with Crippen molar-refractivity contribution in [2.75, 3.05) is 11.9 Å². The normalized spacial score (nSPS) is 13.2. The average Bonchev–Trinajstić information content (AvgIpc) is 2.49. The van der Waals surface area contributed by atoms with E-state index in [0.29, 0.717) is 29.2 Å². The predicted octanol–water partition coefficient (Wildman–Crippen LogP) is 3.92. The SMILES string of the molecule is CC(O)(CCNc1c(Cl)cccc1C#N)c1ccccc1. The van der Waals surface area contributed by atoms with Gasteiger partial charge in [0.25, 0.3) is 0 Å². The van der Waals surface area contributed by atoms with Crippen LogP contribution in [0.5, 0.6) is 0 Å². The van der Waals surface area contributed by atoms with Crippen molar-refractivity contribution in [1.29, 1.82) is 5.26 Å². The molecule has 0 amide bonds. The summed E-state index contributed by atoms with van der Waals surface area (Å²) in [5.41, 5.74) is 1.06. The zero-order valence-electron chi connectivity index (χ0n) is 11.8. The van der Waals surface area contributed by atoms with Gasteiger partial charge in [-0.05, 0) is 31.0 Å². The van der Waals surface area contributed by atoms with Crippen LogP contribution in [-0.4, -0.2) is 11.7 Å². The van der Waals surface area contributed by atoms with Gasteiger partial charge in [-0.2, -0.15) is 5.26 Å². The number of aliphatic hydroxyl groups is 1. The summed E-state index contributed by atoms with van der Waals surface area (Å²) >= 11 is 6.10. The summed E-state index contributed by atoms with van der Waals surface area (Å²) in [5.74, 6) is 0. The minimum absolute atomic E-state index is 0.502. The summed E-state index contributed by atoms with van der Waals surface area (Å²) in [6.45, 7) is 2.29. The molecule has 108 valence electrons. The van der Waals surface area contributed by atoms with E-state index >= 15 is 0 Å². The van der Waals surface area contributed by atoms with Crippen LogP contribution in [0.1, 0.15) is 24.5 Å². The highest BCUT2D eigenvalue weighted by Crippen LogP contribution is 2.27. The molecule has 2 N–H and O–H groups in total. The summed E-state index contributed by atoms with van der Waals surface area (Å²) < 4.78 is 0. The van der Waals surface area contributed by atoms with Crippen LogP contribution in [0.2, 0.25) is 5.02 Å². The molecule has 0 aliphatic rings. The number of hydrogen-bond acceptors (Lipinski definition) is 3. The number of nitrogens with one attached hydrogen (secondary N) is 1. The number of anilines is 1. The summed E-state index contributed by atoms with van der Waals surface area (Å²) in [5, 5.41) is 23.3. The quantitative estimate of drug-likeness (QED) is 0.880. The Morgan fingerprint density at radius 1 is 1.19 bits per heavy atom. The maximum absolute atomic E-state index is 10.5. The Hall–Kier alpha value is -2.02. The van der Waals surface area contributed by atoms with Gasteiger partial charge < -0.3 is 10.4 Å². The van der Waals surface area contributed by atoms with Crippen LogP contribution in [0.3, 0.4) is 0 Å². The molecule has 0 saturated heterocycles. The fourth-order valence-corrected chi connectivity index (χ4v) is 2.41. The van der Waals surface area contributed by atoms with E-state index in [1.54, 1.807) is 25.1 Å². The molecule has 1 unspecified atom stereocenters. The lowest BCUT2D eigenvalue weighted by Gasteiger charge is -2.24. The molecule has 0 fully saturated rings. The van der Waals surface area contributed by atoms with Crippen molar-refractivity contribution in [3.63, 3.8) is 0 Å². The van der Waals surface area contributed by atoms with Crippen LogP contribution in [0.4, 0.5) is 5.69 Å². The van der Waals surface area contributed by atoms with Crippen LogP contribution in [0, 0.1) is 11.3 Å². The highest BCUT2D eigenvalue weighted by atomic mass is 35.5. The van der Waals surface area contributed by atoms with Crippen LogP contribution in [0.15, 0.2) is 48.5 Å². The molecule has 0 radical (unpaired) electrons. The van der Waals surface area contributed by atoms with Gasteiger partial charge in [-0.3, -0.25) is 0 Å². The smallest absolute Gasteiger partial charge is 0.101 e. The molecule has 0 saturated carbocycles. The second-order valence-corrected chi connectivity index (χ2v) is 5.50. The van der Waals surface area contributed by atoms with E-state index in [1.807, 2.05) is 30.3 Å². The molecule has 0 aliphatic heterocycles. The van der Waals surface area contributed by atoms with Crippen molar-refractivity contribution in [1.82, 2.24) is 0 Å². The van der Waals surface area contributed by atoms with Gasteiger partial charge in [0, 0.05) is 6.54 Å². The molecule has 0 aromatic heterocycles. The lowest BCUT2D eigenvalue weighted by Crippen LogP contribution is -2.24. The van der Waals surface area contributed by atoms with Gasteiger partial charge in [0.2, 0.25) is 0 Å². The predicted molar refractivity (Wildman–Crippen MR) is 85.3 cm³/mol. The Morgan fingerprint density at radius 3 is 2.57 bits per heavy atom. The minimum Gasteiger partial charge on any atom is -0.385 e. The Balaban J connectivity index is 2.04. The first-order valence-electron chi connectivity index (χ1n) is 6.75.